The topological polar surface area (TPSA) is 56.2 Å². The van der Waals surface area contributed by atoms with Crippen LogP contribution in [0.25, 0.3) is 5.69 Å². The van der Waals surface area contributed by atoms with E-state index in [1.165, 1.54) is 4.57 Å². The third-order valence-electron chi connectivity index (χ3n) is 2.28. The molecule has 0 aliphatic carbocycles. The average molecular weight is 204 g/mol. The second kappa shape index (κ2) is 2.91. The maximum absolute atomic E-state index is 11.4. The highest BCUT2D eigenvalue weighted by Gasteiger charge is 2.14. The van der Waals surface area contributed by atoms with Gasteiger partial charge in [0.25, 0.3) is 0 Å². The summed E-state index contributed by atoms with van der Waals surface area (Å²) in [5.41, 5.74) is 0.583. The average Bonchev–Trinajstić information content (AvgIpc) is 2.84. The molecule has 5 heteroatoms. The summed E-state index contributed by atoms with van der Waals surface area (Å²) >= 11 is 0. The first-order valence-corrected chi connectivity index (χ1v) is 4.51. The number of aromatic nitrogens is 2. The van der Waals surface area contributed by atoms with Crippen molar-refractivity contribution >= 4 is 0 Å². The highest BCUT2D eigenvalue weighted by atomic mass is 16.7. The lowest BCUT2D eigenvalue weighted by Crippen LogP contribution is -2.13. The van der Waals surface area contributed by atoms with E-state index >= 15 is 0 Å². The van der Waals surface area contributed by atoms with Crippen molar-refractivity contribution in [3.05, 3.63) is 41.1 Å². The fourth-order valence-electron chi connectivity index (χ4n) is 1.56. The number of imidazole rings is 1. The van der Waals surface area contributed by atoms with Gasteiger partial charge in [-0.15, -0.1) is 0 Å². The predicted molar refractivity (Wildman–Crippen MR) is 52.5 cm³/mol. The number of ether oxygens (including phenoxy) is 2. The largest absolute Gasteiger partial charge is 0.454 e. The highest BCUT2D eigenvalue weighted by Crippen LogP contribution is 2.33. The van der Waals surface area contributed by atoms with E-state index in [9.17, 15) is 4.79 Å². The Morgan fingerprint density at radius 3 is 2.93 bits per heavy atom. The monoisotopic (exact) mass is 204 g/mol. The number of nitrogens with zero attached hydrogens (tertiary/aromatic N) is 1. The maximum Gasteiger partial charge on any atom is 0.330 e. The molecule has 1 aliphatic heterocycles. The van der Waals surface area contributed by atoms with E-state index in [-0.39, 0.29) is 12.5 Å². The highest BCUT2D eigenvalue weighted by molar-refractivity contribution is 5.49. The zero-order valence-electron chi connectivity index (χ0n) is 7.77. The third kappa shape index (κ3) is 1.20. The van der Waals surface area contributed by atoms with Crippen molar-refractivity contribution in [2.45, 2.75) is 0 Å². The Hall–Kier alpha value is -2.17. The Morgan fingerprint density at radius 1 is 1.27 bits per heavy atom. The molecule has 0 unspecified atom stereocenters. The van der Waals surface area contributed by atoms with Crippen LogP contribution in [0.1, 0.15) is 0 Å². The summed E-state index contributed by atoms with van der Waals surface area (Å²) in [6, 6.07) is 5.37. The molecule has 1 aromatic carbocycles. The smallest absolute Gasteiger partial charge is 0.330 e. The SMILES string of the molecule is O=c1[nH]ccn1-c1ccc2c(c1)OCO2. The molecular formula is C10H8N2O3. The zero-order chi connectivity index (χ0) is 10.3. The van der Waals surface area contributed by atoms with Gasteiger partial charge in [-0.2, -0.15) is 0 Å². The Balaban J connectivity index is 2.15. The van der Waals surface area contributed by atoms with Gasteiger partial charge in [0.15, 0.2) is 11.5 Å². The first-order chi connectivity index (χ1) is 7.34. The number of benzene rings is 1. The van der Waals surface area contributed by atoms with Crippen molar-refractivity contribution in [3.8, 4) is 17.2 Å². The fourth-order valence-corrected chi connectivity index (χ4v) is 1.56. The number of H-pyrrole nitrogens is 1. The van der Waals surface area contributed by atoms with Crippen LogP contribution in [0.15, 0.2) is 35.4 Å². The van der Waals surface area contributed by atoms with Gasteiger partial charge in [0.2, 0.25) is 6.79 Å². The van der Waals surface area contributed by atoms with Crippen LogP contribution in [0, 0.1) is 0 Å². The Morgan fingerprint density at radius 2 is 2.13 bits per heavy atom. The molecule has 0 radical (unpaired) electrons. The van der Waals surface area contributed by atoms with E-state index in [2.05, 4.69) is 4.98 Å². The van der Waals surface area contributed by atoms with Gasteiger partial charge in [0.1, 0.15) is 0 Å². The number of rotatable bonds is 1. The van der Waals surface area contributed by atoms with Gasteiger partial charge < -0.3 is 14.5 Å². The minimum atomic E-state index is -0.172. The van der Waals surface area contributed by atoms with Crippen molar-refractivity contribution in [2.75, 3.05) is 6.79 Å². The molecule has 2 heterocycles. The molecule has 3 rings (SSSR count). The van der Waals surface area contributed by atoms with Gasteiger partial charge in [-0.25, -0.2) is 4.79 Å². The second-order valence-corrected chi connectivity index (χ2v) is 3.17. The van der Waals surface area contributed by atoms with Crippen LogP contribution in [-0.2, 0) is 0 Å². The Labute approximate surface area is 84.9 Å². The number of hydrogen-bond acceptors (Lipinski definition) is 3. The van der Waals surface area contributed by atoms with Crippen molar-refractivity contribution in [2.24, 2.45) is 0 Å². The lowest BCUT2D eigenvalue weighted by molar-refractivity contribution is 0.174. The van der Waals surface area contributed by atoms with Gasteiger partial charge in [-0.3, -0.25) is 4.57 Å². The fraction of sp³-hybridized carbons (Fsp3) is 0.100. The summed E-state index contributed by atoms with van der Waals surface area (Å²) in [6.07, 6.45) is 3.26. The minimum Gasteiger partial charge on any atom is -0.454 e. The van der Waals surface area contributed by atoms with Crippen molar-refractivity contribution in [3.63, 3.8) is 0 Å². The van der Waals surface area contributed by atoms with Gasteiger partial charge >= 0.3 is 5.69 Å². The number of fused-ring (bicyclic) bond motifs is 1. The quantitative estimate of drug-likeness (QED) is 0.750. The molecule has 0 spiro atoms. The Kier molecular flexibility index (Phi) is 1.58. The van der Waals surface area contributed by atoms with Crippen LogP contribution in [0.3, 0.4) is 0 Å². The van der Waals surface area contributed by atoms with Crippen LogP contribution in [0.2, 0.25) is 0 Å². The molecule has 0 amide bonds. The normalized spacial score (nSPS) is 13.1. The van der Waals surface area contributed by atoms with Crippen LogP contribution in [0.5, 0.6) is 11.5 Å². The molecule has 2 aromatic rings. The van der Waals surface area contributed by atoms with Gasteiger partial charge in [0, 0.05) is 18.5 Å². The summed E-state index contributed by atoms with van der Waals surface area (Å²) in [5, 5.41) is 0. The summed E-state index contributed by atoms with van der Waals surface area (Å²) in [4.78, 5) is 13.9. The molecule has 15 heavy (non-hydrogen) atoms. The van der Waals surface area contributed by atoms with E-state index < -0.39 is 0 Å². The van der Waals surface area contributed by atoms with Crippen molar-refractivity contribution in [1.29, 1.82) is 0 Å². The standard InChI is InChI=1S/C10H8N2O3/c13-10-11-3-4-12(10)7-1-2-8-9(5-7)15-6-14-8/h1-5H,6H2,(H,11,13). The van der Waals surface area contributed by atoms with Crippen LogP contribution in [0.4, 0.5) is 0 Å². The van der Waals surface area contributed by atoms with Gasteiger partial charge in [-0.05, 0) is 12.1 Å². The second-order valence-electron chi connectivity index (χ2n) is 3.17. The first kappa shape index (κ1) is 8.16. The van der Waals surface area contributed by atoms with Crippen molar-refractivity contribution in [1.82, 2.24) is 9.55 Å². The van der Waals surface area contributed by atoms with Crippen LogP contribution < -0.4 is 15.2 Å². The maximum atomic E-state index is 11.4. The van der Waals surface area contributed by atoms with E-state index in [0.29, 0.717) is 11.5 Å². The molecule has 0 saturated carbocycles. The zero-order valence-corrected chi connectivity index (χ0v) is 7.77. The van der Waals surface area contributed by atoms with Gasteiger partial charge in [0.05, 0.1) is 5.69 Å². The van der Waals surface area contributed by atoms with Gasteiger partial charge in [-0.1, -0.05) is 0 Å². The predicted octanol–water partition coefficient (Wildman–Crippen LogP) is 0.894. The summed E-state index contributed by atoms with van der Waals surface area (Å²) in [5.74, 6) is 1.38. The van der Waals surface area contributed by atoms with E-state index in [0.717, 1.165) is 5.69 Å². The molecule has 1 aliphatic rings. The molecule has 0 fully saturated rings. The lowest BCUT2D eigenvalue weighted by Gasteiger charge is -2.01. The third-order valence-corrected chi connectivity index (χ3v) is 2.28. The first-order valence-electron chi connectivity index (χ1n) is 4.51. The molecule has 0 atom stereocenters. The Bertz CT molecular complexity index is 556. The van der Waals surface area contributed by atoms with E-state index in [4.69, 9.17) is 9.47 Å². The lowest BCUT2D eigenvalue weighted by atomic mass is 10.3. The molecule has 0 saturated heterocycles. The van der Waals surface area contributed by atoms with E-state index in [1.54, 1.807) is 24.5 Å². The number of aromatic amines is 1. The number of hydrogen-bond donors (Lipinski definition) is 1. The molecule has 1 aromatic heterocycles. The molecule has 76 valence electrons. The van der Waals surface area contributed by atoms with Crippen LogP contribution >= 0.6 is 0 Å². The summed E-state index contributed by atoms with van der Waals surface area (Å²) in [6.45, 7) is 0.237. The van der Waals surface area contributed by atoms with E-state index in [1.807, 2.05) is 6.07 Å². The minimum absolute atomic E-state index is 0.172. The summed E-state index contributed by atoms with van der Waals surface area (Å²) in [7, 11) is 0. The molecular weight excluding hydrogens is 196 g/mol. The number of nitrogens with one attached hydrogen (secondary N) is 1. The van der Waals surface area contributed by atoms with Crippen molar-refractivity contribution < 1.29 is 9.47 Å². The molecule has 0 bridgehead atoms. The molecule has 1 N–H and O–H groups in total. The summed E-state index contributed by atoms with van der Waals surface area (Å²) < 4.78 is 11.9. The molecule has 5 nitrogen and oxygen atoms in total. The van der Waals surface area contributed by atoms with Crippen LogP contribution in [-0.4, -0.2) is 16.3 Å².